The minimum atomic E-state index is -0.314. The first-order valence-corrected chi connectivity index (χ1v) is 6.08. The van der Waals surface area contributed by atoms with E-state index in [0.29, 0.717) is 12.0 Å². The van der Waals surface area contributed by atoms with Gasteiger partial charge in [-0.1, -0.05) is 6.07 Å². The van der Waals surface area contributed by atoms with Crippen LogP contribution in [0.15, 0.2) is 18.2 Å². The lowest BCUT2D eigenvalue weighted by molar-refractivity contribution is 0.275. The Balaban J connectivity index is 2.92. The molecule has 0 spiro atoms. The van der Waals surface area contributed by atoms with Crippen LogP contribution in [0.3, 0.4) is 0 Å². The van der Waals surface area contributed by atoms with E-state index in [4.69, 9.17) is 10.8 Å². The number of aromatic hydroxyl groups is 1. The summed E-state index contributed by atoms with van der Waals surface area (Å²) >= 11 is 0. The first-order chi connectivity index (χ1) is 8.13. The molecule has 1 aromatic rings. The highest BCUT2D eigenvalue weighted by atomic mass is 16.3. The summed E-state index contributed by atoms with van der Waals surface area (Å²) in [5, 5.41) is 18.8. The number of nitrogens with two attached hydrogens (primary N) is 1. The molecule has 0 amide bonds. The number of aliphatic hydroxyl groups is 1. The van der Waals surface area contributed by atoms with E-state index >= 15 is 0 Å². The maximum atomic E-state index is 9.94. The Hall–Kier alpha value is -1.26. The Morgan fingerprint density at radius 2 is 1.94 bits per heavy atom. The Morgan fingerprint density at radius 1 is 1.29 bits per heavy atom. The van der Waals surface area contributed by atoms with Gasteiger partial charge in [-0.05, 0) is 26.3 Å². The van der Waals surface area contributed by atoms with Crippen molar-refractivity contribution < 1.29 is 10.2 Å². The molecule has 1 atom stereocenters. The standard InChI is InChI=1S/C13H22N2O2/c1-3-15(4-2)10-5-6-11(13(17)9-10)12(14)7-8-16/h5-6,9,12,16-17H,3-4,7-8,14H2,1-2H3/t12-/m1/s1. The highest BCUT2D eigenvalue weighted by Crippen LogP contribution is 2.29. The van der Waals surface area contributed by atoms with Crippen LogP contribution in [0.5, 0.6) is 5.75 Å². The average molecular weight is 238 g/mol. The van der Waals surface area contributed by atoms with Crippen molar-refractivity contribution in [3.05, 3.63) is 23.8 Å². The molecular weight excluding hydrogens is 216 g/mol. The highest BCUT2D eigenvalue weighted by molar-refractivity contribution is 5.53. The number of hydrogen-bond acceptors (Lipinski definition) is 4. The molecular formula is C13H22N2O2. The van der Waals surface area contributed by atoms with Crippen molar-refractivity contribution in [3.63, 3.8) is 0 Å². The topological polar surface area (TPSA) is 69.7 Å². The lowest BCUT2D eigenvalue weighted by Crippen LogP contribution is -2.22. The van der Waals surface area contributed by atoms with Crippen molar-refractivity contribution in [2.45, 2.75) is 26.3 Å². The van der Waals surface area contributed by atoms with Gasteiger partial charge < -0.3 is 20.8 Å². The molecule has 0 bridgehead atoms. The second kappa shape index (κ2) is 6.47. The van der Waals surface area contributed by atoms with Crippen LogP contribution in [-0.2, 0) is 0 Å². The van der Waals surface area contributed by atoms with E-state index in [9.17, 15) is 5.11 Å². The second-order valence-electron chi connectivity index (χ2n) is 4.03. The zero-order chi connectivity index (χ0) is 12.8. The molecule has 4 nitrogen and oxygen atoms in total. The summed E-state index contributed by atoms with van der Waals surface area (Å²) in [4.78, 5) is 2.15. The molecule has 0 saturated carbocycles. The zero-order valence-corrected chi connectivity index (χ0v) is 10.6. The summed E-state index contributed by atoms with van der Waals surface area (Å²) in [5.41, 5.74) is 7.55. The van der Waals surface area contributed by atoms with Gasteiger partial charge in [0.15, 0.2) is 0 Å². The maximum Gasteiger partial charge on any atom is 0.122 e. The number of nitrogens with zero attached hydrogens (tertiary/aromatic N) is 1. The number of aliphatic hydroxyl groups excluding tert-OH is 1. The fraction of sp³-hybridized carbons (Fsp3) is 0.538. The molecule has 0 saturated heterocycles. The Bertz CT molecular complexity index is 351. The molecule has 1 rings (SSSR count). The van der Waals surface area contributed by atoms with Gasteiger partial charge in [-0.2, -0.15) is 0 Å². The molecule has 0 aromatic heterocycles. The molecule has 0 aliphatic heterocycles. The van der Waals surface area contributed by atoms with Crippen LogP contribution in [0.1, 0.15) is 31.9 Å². The van der Waals surface area contributed by atoms with Crippen molar-refractivity contribution in [3.8, 4) is 5.75 Å². The van der Waals surface area contributed by atoms with Gasteiger partial charge in [0, 0.05) is 43.1 Å². The van der Waals surface area contributed by atoms with Crippen molar-refractivity contribution in [2.75, 3.05) is 24.6 Å². The van der Waals surface area contributed by atoms with Crippen LogP contribution in [0.2, 0.25) is 0 Å². The number of phenols is 1. The molecule has 0 fully saturated rings. The van der Waals surface area contributed by atoms with Gasteiger partial charge in [-0.3, -0.25) is 0 Å². The zero-order valence-electron chi connectivity index (χ0n) is 10.6. The smallest absolute Gasteiger partial charge is 0.122 e. The molecule has 0 heterocycles. The van der Waals surface area contributed by atoms with E-state index in [1.54, 1.807) is 6.07 Å². The van der Waals surface area contributed by atoms with Crippen LogP contribution >= 0.6 is 0 Å². The van der Waals surface area contributed by atoms with Crippen LogP contribution < -0.4 is 10.6 Å². The van der Waals surface area contributed by atoms with Crippen LogP contribution in [0.25, 0.3) is 0 Å². The van der Waals surface area contributed by atoms with E-state index in [1.165, 1.54) is 0 Å². The maximum absolute atomic E-state index is 9.94. The summed E-state index contributed by atoms with van der Waals surface area (Å²) in [6.45, 7) is 5.98. The average Bonchev–Trinajstić information content (AvgIpc) is 2.31. The van der Waals surface area contributed by atoms with E-state index in [0.717, 1.165) is 18.8 Å². The van der Waals surface area contributed by atoms with Crippen LogP contribution in [-0.4, -0.2) is 29.9 Å². The predicted octanol–water partition coefficient (Wildman–Crippen LogP) is 1.62. The molecule has 96 valence electrons. The molecule has 17 heavy (non-hydrogen) atoms. The predicted molar refractivity (Wildman–Crippen MR) is 70.3 cm³/mol. The first kappa shape index (κ1) is 13.8. The SMILES string of the molecule is CCN(CC)c1ccc([C@H](N)CCO)c(O)c1. The van der Waals surface area contributed by atoms with Crippen molar-refractivity contribution >= 4 is 5.69 Å². The van der Waals surface area contributed by atoms with Crippen LogP contribution in [0.4, 0.5) is 5.69 Å². The first-order valence-electron chi connectivity index (χ1n) is 6.08. The molecule has 1 aromatic carbocycles. The van der Waals surface area contributed by atoms with Crippen LogP contribution in [0, 0.1) is 0 Å². The lowest BCUT2D eigenvalue weighted by atomic mass is 10.0. The second-order valence-corrected chi connectivity index (χ2v) is 4.03. The number of rotatable bonds is 6. The third kappa shape index (κ3) is 3.35. The summed E-state index contributed by atoms with van der Waals surface area (Å²) in [6.07, 6.45) is 0.457. The lowest BCUT2D eigenvalue weighted by Gasteiger charge is -2.22. The summed E-state index contributed by atoms with van der Waals surface area (Å²) < 4.78 is 0. The van der Waals surface area contributed by atoms with E-state index < -0.39 is 0 Å². The fourth-order valence-corrected chi connectivity index (χ4v) is 1.93. The number of anilines is 1. The molecule has 4 N–H and O–H groups in total. The van der Waals surface area contributed by atoms with E-state index in [1.807, 2.05) is 12.1 Å². The van der Waals surface area contributed by atoms with E-state index in [-0.39, 0.29) is 18.4 Å². The minimum Gasteiger partial charge on any atom is -0.508 e. The quantitative estimate of drug-likeness (QED) is 0.704. The van der Waals surface area contributed by atoms with E-state index in [2.05, 4.69) is 18.7 Å². The normalized spacial score (nSPS) is 12.5. The van der Waals surface area contributed by atoms with Gasteiger partial charge in [0.2, 0.25) is 0 Å². The number of benzene rings is 1. The largest absolute Gasteiger partial charge is 0.508 e. The molecule has 0 unspecified atom stereocenters. The molecule has 0 aliphatic rings. The molecule has 0 radical (unpaired) electrons. The Labute approximate surface area is 103 Å². The van der Waals surface area contributed by atoms with Gasteiger partial charge in [0.1, 0.15) is 5.75 Å². The monoisotopic (exact) mass is 238 g/mol. The Kier molecular flexibility index (Phi) is 5.25. The number of hydrogen-bond donors (Lipinski definition) is 3. The van der Waals surface area contributed by atoms with Gasteiger partial charge in [-0.15, -0.1) is 0 Å². The number of phenolic OH excluding ortho intramolecular Hbond substituents is 1. The van der Waals surface area contributed by atoms with Gasteiger partial charge in [-0.25, -0.2) is 0 Å². The summed E-state index contributed by atoms with van der Waals surface area (Å²) in [5.74, 6) is 0.204. The Morgan fingerprint density at radius 3 is 2.41 bits per heavy atom. The van der Waals surface area contributed by atoms with Crippen molar-refractivity contribution in [2.24, 2.45) is 5.73 Å². The minimum absolute atomic E-state index is 0.0262. The fourth-order valence-electron chi connectivity index (χ4n) is 1.93. The third-order valence-electron chi connectivity index (χ3n) is 2.98. The summed E-state index contributed by atoms with van der Waals surface area (Å²) in [6, 6.07) is 5.22. The highest BCUT2D eigenvalue weighted by Gasteiger charge is 2.12. The van der Waals surface area contributed by atoms with Gasteiger partial charge >= 0.3 is 0 Å². The molecule has 4 heteroatoms. The van der Waals surface area contributed by atoms with Gasteiger partial charge in [0.05, 0.1) is 0 Å². The van der Waals surface area contributed by atoms with Gasteiger partial charge in [0.25, 0.3) is 0 Å². The summed E-state index contributed by atoms with van der Waals surface area (Å²) in [7, 11) is 0. The third-order valence-corrected chi connectivity index (χ3v) is 2.98. The van der Waals surface area contributed by atoms with Crippen molar-refractivity contribution in [1.29, 1.82) is 0 Å². The van der Waals surface area contributed by atoms with Crippen molar-refractivity contribution in [1.82, 2.24) is 0 Å². The molecule has 0 aliphatic carbocycles.